The quantitative estimate of drug-likeness (QED) is 0.236. The summed E-state index contributed by atoms with van der Waals surface area (Å²) in [5, 5.41) is 1.36. The Bertz CT molecular complexity index is 765. The third-order valence-electron chi connectivity index (χ3n) is 4.10. The minimum atomic E-state index is 1.08. The Kier molecular flexibility index (Phi) is 5.08. The summed E-state index contributed by atoms with van der Waals surface area (Å²) >= 11 is 2.46. The number of pyridine rings is 1. The molecule has 0 radical (unpaired) electrons. The smallest absolute Gasteiger partial charge is 0.191 e. The van der Waals surface area contributed by atoms with Crippen molar-refractivity contribution in [2.45, 2.75) is 26.3 Å². The van der Waals surface area contributed by atoms with Crippen molar-refractivity contribution in [1.82, 2.24) is 0 Å². The first kappa shape index (κ1) is 15.5. The predicted molar refractivity (Wildman–Crippen MR) is 102 cm³/mol. The Morgan fingerprint density at radius 1 is 0.909 bits per heavy atom. The van der Waals surface area contributed by atoms with Gasteiger partial charge in [0, 0.05) is 29.5 Å². The summed E-state index contributed by atoms with van der Waals surface area (Å²) in [6.45, 7) is 3.29. The number of hydrogen-bond donors (Lipinski definition) is 0. The summed E-state index contributed by atoms with van der Waals surface area (Å²) in [5.74, 6) is 0. The van der Waals surface area contributed by atoms with Gasteiger partial charge in [-0.05, 0) is 41.5 Å². The molecule has 22 heavy (non-hydrogen) atoms. The lowest BCUT2D eigenvalue weighted by Gasteiger charge is -2.10. The number of para-hydroxylation sites is 1. The van der Waals surface area contributed by atoms with Crippen LogP contribution in [0.1, 0.15) is 18.4 Å². The number of aryl methyl sites for hydroxylation is 2. The van der Waals surface area contributed by atoms with Crippen molar-refractivity contribution < 1.29 is 4.57 Å². The van der Waals surface area contributed by atoms with Crippen molar-refractivity contribution in [1.29, 1.82) is 0 Å². The fourth-order valence-corrected chi connectivity index (χ4v) is 3.53. The standard InChI is InChI=1S/C20H21IN/c1-16-15-20(17-9-3-2-4-10-17)22(14-8-7-13-21)19-12-6-5-11-18(16)19/h2-6,9-12,15H,7-8,13-14H2,1H3/q+1. The molecular formula is C20H21IN+. The van der Waals surface area contributed by atoms with E-state index in [2.05, 4.69) is 94.7 Å². The minimum Gasteiger partial charge on any atom is -0.191 e. The van der Waals surface area contributed by atoms with Gasteiger partial charge in [-0.1, -0.05) is 52.9 Å². The summed E-state index contributed by atoms with van der Waals surface area (Å²) in [6.07, 6.45) is 2.49. The third-order valence-corrected chi connectivity index (χ3v) is 4.86. The van der Waals surface area contributed by atoms with Gasteiger partial charge in [-0.15, -0.1) is 0 Å². The van der Waals surface area contributed by atoms with Crippen LogP contribution in [-0.2, 0) is 6.54 Å². The van der Waals surface area contributed by atoms with Crippen LogP contribution >= 0.6 is 22.6 Å². The first-order chi connectivity index (χ1) is 10.8. The summed E-state index contributed by atoms with van der Waals surface area (Å²) in [5.41, 5.74) is 5.31. The van der Waals surface area contributed by atoms with Crippen LogP contribution in [0.2, 0.25) is 0 Å². The van der Waals surface area contributed by atoms with E-state index in [1.54, 1.807) is 0 Å². The molecule has 0 aliphatic heterocycles. The van der Waals surface area contributed by atoms with E-state index < -0.39 is 0 Å². The van der Waals surface area contributed by atoms with Gasteiger partial charge in [-0.25, -0.2) is 0 Å². The lowest BCUT2D eigenvalue weighted by atomic mass is 10.0. The first-order valence-corrected chi connectivity index (χ1v) is 9.37. The highest BCUT2D eigenvalue weighted by Crippen LogP contribution is 2.23. The molecule has 112 valence electrons. The molecule has 1 aromatic heterocycles. The maximum atomic E-state index is 2.49. The van der Waals surface area contributed by atoms with Crippen LogP contribution in [0.25, 0.3) is 22.2 Å². The fourth-order valence-electron chi connectivity index (χ4n) is 2.99. The monoisotopic (exact) mass is 402 g/mol. The molecule has 1 nitrogen and oxygen atoms in total. The summed E-state index contributed by atoms with van der Waals surface area (Å²) in [7, 11) is 0. The topological polar surface area (TPSA) is 3.88 Å². The lowest BCUT2D eigenvalue weighted by molar-refractivity contribution is -0.661. The molecule has 3 rings (SSSR count). The number of benzene rings is 2. The van der Waals surface area contributed by atoms with Gasteiger partial charge >= 0.3 is 0 Å². The Hall–Kier alpha value is -1.42. The maximum absolute atomic E-state index is 2.49. The van der Waals surface area contributed by atoms with Crippen LogP contribution in [0, 0.1) is 6.92 Å². The second-order valence-electron chi connectivity index (χ2n) is 5.64. The van der Waals surface area contributed by atoms with Crippen molar-refractivity contribution in [3.63, 3.8) is 0 Å². The fraction of sp³-hybridized carbons (Fsp3) is 0.250. The van der Waals surface area contributed by atoms with Crippen LogP contribution in [0.5, 0.6) is 0 Å². The van der Waals surface area contributed by atoms with E-state index in [-0.39, 0.29) is 0 Å². The van der Waals surface area contributed by atoms with Crippen LogP contribution in [0.15, 0.2) is 60.7 Å². The van der Waals surface area contributed by atoms with Crippen molar-refractivity contribution in [2.24, 2.45) is 0 Å². The van der Waals surface area contributed by atoms with Crippen molar-refractivity contribution >= 4 is 33.5 Å². The SMILES string of the molecule is Cc1cc(-c2ccccc2)[n+](CCCCI)c2ccccc12. The lowest BCUT2D eigenvalue weighted by Crippen LogP contribution is -2.37. The van der Waals surface area contributed by atoms with Crippen molar-refractivity contribution in [3.8, 4) is 11.3 Å². The van der Waals surface area contributed by atoms with Crippen LogP contribution < -0.4 is 4.57 Å². The Morgan fingerprint density at radius 2 is 1.64 bits per heavy atom. The average Bonchev–Trinajstić information content (AvgIpc) is 2.58. The van der Waals surface area contributed by atoms with Gasteiger partial charge in [0.25, 0.3) is 0 Å². The predicted octanol–water partition coefficient (Wildman–Crippen LogP) is 5.32. The zero-order valence-corrected chi connectivity index (χ0v) is 15.1. The molecule has 0 amide bonds. The van der Waals surface area contributed by atoms with Crippen LogP contribution in [0.4, 0.5) is 0 Å². The van der Waals surface area contributed by atoms with Gasteiger partial charge in [0.1, 0.15) is 6.54 Å². The second-order valence-corrected chi connectivity index (χ2v) is 6.72. The molecule has 0 fully saturated rings. The molecule has 0 unspecified atom stereocenters. The Labute approximate surface area is 146 Å². The van der Waals surface area contributed by atoms with Gasteiger partial charge in [-0.2, -0.15) is 4.57 Å². The molecule has 0 saturated carbocycles. The summed E-state index contributed by atoms with van der Waals surface area (Å²) in [4.78, 5) is 0. The van der Waals surface area contributed by atoms with Crippen molar-refractivity contribution in [2.75, 3.05) is 4.43 Å². The van der Waals surface area contributed by atoms with Crippen LogP contribution in [0.3, 0.4) is 0 Å². The molecule has 0 spiro atoms. The molecule has 0 aliphatic rings. The molecule has 0 aliphatic carbocycles. The second kappa shape index (κ2) is 7.23. The van der Waals surface area contributed by atoms with Gasteiger partial charge in [0.15, 0.2) is 0 Å². The number of unbranched alkanes of at least 4 members (excludes halogenated alkanes) is 1. The summed E-state index contributed by atoms with van der Waals surface area (Å²) < 4.78 is 3.72. The van der Waals surface area contributed by atoms with E-state index in [1.165, 1.54) is 45.0 Å². The first-order valence-electron chi connectivity index (χ1n) is 7.85. The normalized spacial score (nSPS) is 11.0. The van der Waals surface area contributed by atoms with Gasteiger partial charge in [0.2, 0.25) is 11.2 Å². The molecule has 2 aromatic carbocycles. The number of alkyl halides is 1. The molecule has 0 atom stereocenters. The third kappa shape index (κ3) is 3.17. The highest BCUT2D eigenvalue weighted by atomic mass is 127. The largest absolute Gasteiger partial charge is 0.213 e. The number of nitrogens with zero attached hydrogens (tertiary/aromatic N) is 1. The zero-order valence-electron chi connectivity index (χ0n) is 12.9. The highest BCUT2D eigenvalue weighted by molar-refractivity contribution is 14.1. The van der Waals surface area contributed by atoms with Crippen LogP contribution in [-0.4, -0.2) is 4.43 Å². The molecule has 0 N–H and O–H groups in total. The number of hydrogen-bond acceptors (Lipinski definition) is 0. The number of halogens is 1. The molecule has 2 heteroatoms. The van der Waals surface area contributed by atoms with Crippen molar-refractivity contribution in [3.05, 3.63) is 66.2 Å². The van der Waals surface area contributed by atoms with Gasteiger partial charge in [-0.3, -0.25) is 0 Å². The van der Waals surface area contributed by atoms with E-state index in [9.17, 15) is 0 Å². The number of rotatable bonds is 5. The molecular weight excluding hydrogens is 381 g/mol. The summed E-state index contributed by atoms with van der Waals surface area (Å²) in [6, 6.07) is 21.8. The molecule has 1 heterocycles. The van der Waals surface area contributed by atoms with E-state index in [4.69, 9.17) is 0 Å². The Morgan fingerprint density at radius 3 is 2.41 bits per heavy atom. The number of fused-ring (bicyclic) bond motifs is 1. The van der Waals surface area contributed by atoms with E-state index in [1.807, 2.05) is 0 Å². The molecule has 0 bridgehead atoms. The molecule has 0 saturated heterocycles. The van der Waals surface area contributed by atoms with Gasteiger partial charge in [0.05, 0.1) is 0 Å². The minimum absolute atomic E-state index is 1.08. The Balaban J connectivity index is 2.19. The van der Waals surface area contributed by atoms with E-state index in [0.717, 1.165) is 6.54 Å². The van der Waals surface area contributed by atoms with E-state index >= 15 is 0 Å². The highest BCUT2D eigenvalue weighted by Gasteiger charge is 2.18. The van der Waals surface area contributed by atoms with Gasteiger partial charge < -0.3 is 0 Å². The molecule has 3 aromatic rings. The van der Waals surface area contributed by atoms with E-state index in [0.29, 0.717) is 0 Å². The number of aromatic nitrogens is 1. The zero-order chi connectivity index (χ0) is 15.4. The maximum Gasteiger partial charge on any atom is 0.213 e. The average molecular weight is 402 g/mol.